The molecule has 0 saturated carbocycles. The van der Waals surface area contributed by atoms with Gasteiger partial charge < -0.3 is 15.2 Å². The molecule has 4 rings (SSSR count). The zero-order chi connectivity index (χ0) is 19.5. The van der Waals surface area contributed by atoms with Gasteiger partial charge in [-0.25, -0.2) is 0 Å². The van der Waals surface area contributed by atoms with E-state index in [4.69, 9.17) is 10.3 Å². The summed E-state index contributed by atoms with van der Waals surface area (Å²) in [4.78, 5) is 21.2. The molecule has 1 aliphatic heterocycles. The van der Waals surface area contributed by atoms with E-state index in [-0.39, 0.29) is 5.91 Å². The molecule has 0 aliphatic carbocycles. The summed E-state index contributed by atoms with van der Waals surface area (Å²) in [5, 5.41) is 4.08. The van der Waals surface area contributed by atoms with Gasteiger partial charge in [0, 0.05) is 43.0 Å². The van der Waals surface area contributed by atoms with Crippen molar-refractivity contribution in [1.29, 1.82) is 0 Å². The fourth-order valence-electron chi connectivity index (χ4n) is 3.29. The molecular weight excluding hydrogens is 354 g/mol. The van der Waals surface area contributed by atoms with E-state index in [0.29, 0.717) is 42.6 Å². The van der Waals surface area contributed by atoms with E-state index in [9.17, 15) is 4.79 Å². The number of benzene rings is 2. The number of nitrogens with two attached hydrogens (primary N) is 1. The molecule has 0 unspecified atom stereocenters. The van der Waals surface area contributed by atoms with Gasteiger partial charge in [-0.15, -0.1) is 0 Å². The van der Waals surface area contributed by atoms with E-state index in [2.05, 4.69) is 15.0 Å². The molecule has 3 aromatic rings. The Labute approximate surface area is 163 Å². The summed E-state index contributed by atoms with van der Waals surface area (Å²) in [6.45, 7) is 5.47. The monoisotopic (exact) mass is 377 g/mol. The van der Waals surface area contributed by atoms with Gasteiger partial charge in [-0.2, -0.15) is 4.98 Å². The van der Waals surface area contributed by atoms with Crippen LogP contribution >= 0.6 is 0 Å². The molecule has 7 nitrogen and oxygen atoms in total. The second-order valence-corrected chi connectivity index (χ2v) is 7.07. The summed E-state index contributed by atoms with van der Waals surface area (Å²) in [5.41, 5.74) is 9.15. The Morgan fingerprint density at radius 1 is 1.11 bits per heavy atom. The van der Waals surface area contributed by atoms with Gasteiger partial charge >= 0.3 is 0 Å². The topological polar surface area (TPSA) is 88.5 Å². The summed E-state index contributed by atoms with van der Waals surface area (Å²) < 4.78 is 5.41. The lowest BCUT2D eigenvalue weighted by molar-refractivity contribution is 0.0615. The molecule has 1 fully saturated rings. The molecule has 1 aliphatic rings. The first-order valence-corrected chi connectivity index (χ1v) is 9.35. The summed E-state index contributed by atoms with van der Waals surface area (Å²) in [6, 6.07) is 15.2. The fourth-order valence-corrected chi connectivity index (χ4v) is 3.29. The number of amides is 1. The van der Waals surface area contributed by atoms with Gasteiger partial charge in [-0.3, -0.25) is 9.69 Å². The van der Waals surface area contributed by atoms with Gasteiger partial charge in [0.25, 0.3) is 5.91 Å². The molecule has 2 N–H and O–H groups in total. The number of carbonyl (C=O) groups excluding carboxylic acids is 1. The van der Waals surface area contributed by atoms with E-state index in [0.717, 1.165) is 18.7 Å². The third kappa shape index (κ3) is 4.04. The zero-order valence-corrected chi connectivity index (χ0v) is 15.8. The van der Waals surface area contributed by atoms with Crippen molar-refractivity contribution in [3.63, 3.8) is 0 Å². The Kier molecular flexibility index (Phi) is 5.08. The third-order valence-electron chi connectivity index (χ3n) is 4.93. The highest BCUT2D eigenvalue weighted by atomic mass is 16.5. The fraction of sp³-hybridized carbons (Fsp3) is 0.286. The van der Waals surface area contributed by atoms with E-state index < -0.39 is 0 Å². The molecule has 0 spiro atoms. The molecule has 2 heterocycles. The van der Waals surface area contributed by atoms with Gasteiger partial charge in [0.15, 0.2) is 0 Å². The Balaban J connectivity index is 1.33. The minimum Gasteiger partial charge on any atom is -0.399 e. The van der Waals surface area contributed by atoms with Crippen LogP contribution in [0.1, 0.15) is 21.8 Å². The lowest BCUT2D eigenvalue weighted by Crippen LogP contribution is -2.48. The third-order valence-corrected chi connectivity index (χ3v) is 4.93. The van der Waals surface area contributed by atoms with Gasteiger partial charge in [-0.1, -0.05) is 41.1 Å². The predicted molar refractivity (Wildman–Crippen MR) is 107 cm³/mol. The standard InChI is InChI=1S/C21H23N5O2/c1-15-5-7-16(8-6-15)20-23-19(28-24-20)14-25-9-11-26(12-10-25)21(27)17-3-2-4-18(22)13-17/h2-8,13H,9-12,14,22H2,1H3. The highest BCUT2D eigenvalue weighted by molar-refractivity contribution is 5.95. The lowest BCUT2D eigenvalue weighted by atomic mass is 10.1. The zero-order valence-electron chi connectivity index (χ0n) is 15.8. The second-order valence-electron chi connectivity index (χ2n) is 7.07. The van der Waals surface area contributed by atoms with Crippen molar-refractivity contribution in [2.45, 2.75) is 13.5 Å². The van der Waals surface area contributed by atoms with Crippen LogP contribution in [0.25, 0.3) is 11.4 Å². The first-order chi connectivity index (χ1) is 13.6. The molecule has 0 bridgehead atoms. The van der Waals surface area contributed by atoms with Crippen LogP contribution in [0.2, 0.25) is 0 Å². The SMILES string of the molecule is Cc1ccc(-c2noc(CN3CCN(C(=O)c4cccc(N)c4)CC3)n2)cc1. The van der Waals surface area contributed by atoms with E-state index in [1.807, 2.05) is 36.1 Å². The van der Waals surface area contributed by atoms with Crippen LogP contribution in [-0.2, 0) is 6.54 Å². The molecule has 28 heavy (non-hydrogen) atoms. The van der Waals surface area contributed by atoms with Crippen molar-refractivity contribution in [3.05, 3.63) is 65.5 Å². The maximum absolute atomic E-state index is 12.6. The first-order valence-electron chi connectivity index (χ1n) is 9.35. The van der Waals surface area contributed by atoms with Crippen LogP contribution < -0.4 is 5.73 Å². The average Bonchev–Trinajstić information content (AvgIpc) is 3.17. The van der Waals surface area contributed by atoms with Crippen LogP contribution in [0.15, 0.2) is 53.1 Å². The number of hydrogen-bond donors (Lipinski definition) is 1. The van der Waals surface area contributed by atoms with Gasteiger partial charge in [0.05, 0.1) is 6.54 Å². The Morgan fingerprint density at radius 2 is 1.86 bits per heavy atom. The molecule has 144 valence electrons. The van der Waals surface area contributed by atoms with Gasteiger partial charge in [0.2, 0.25) is 11.7 Å². The molecule has 0 atom stereocenters. The van der Waals surface area contributed by atoms with Crippen molar-refractivity contribution in [2.75, 3.05) is 31.9 Å². The number of rotatable bonds is 4. The molecule has 2 aromatic carbocycles. The Morgan fingerprint density at radius 3 is 2.57 bits per heavy atom. The first kappa shape index (κ1) is 18.2. The number of nitrogens with zero attached hydrogens (tertiary/aromatic N) is 4. The van der Waals surface area contributed by atoms with E-state index in [1.165, 1.54) is 5.56 Å². The number of hydrogen-bond acceptors (Lipinski definition) is 6. The normalized spacial score (nSPS) is 15.0. The average molecular weight is 377 g/mol. The number of aryl methyl sites for hydroxylation is 1. The summed E-state index contributed by atoms with van der Waals surface area (Å²) in [5.74, 6) is 1.21. The summed E-state index contributed by atoms with van der Waals surface area (Å²) >= 11 is 0. The highest BCUT2D eigenvalue weighted by Crippen LogP contribution is 2.18. The maximum Gasteiger partial charge on any atom is 0.254 e. The molecular formula is C21H23N5O2. The molecule has 1 aromatic heterocycles. The van der Waals surface area contributed by atoms with Crippen molar-refractivity contribution in [2.24, 2.45) is 0 Å². The number of nitrogen functional groups attached to an aromatic ring is 1. The van der Waals surface area contributed by atoms with E-state index in [1.54, 1.807) is 24.3 Å². The van der Waals surface area contributed by atoms with Crippen molar-refractivity contribution >= 4 is 11.6 Å². The summed E-state index contributed by atoms with van der Waals surface area (Å²) in [7, 11) is 0. The Bertz CT molecular complexity index is 959. The number of piperazine rings is 1. The molecule has 7 heteroatoms. The summed E-state index contributed by atoms with van der Waals surface area (Å²) in [6.07, 6.45) is 0. The molecule has 1 amide bonds. The Hall–Kier alpha value is -3.19. The van der Waals surface area contributed by atoms with E-state index >= 15 is 0 Å². The van der Waals surface area contributed by atoms with Crippen molar-refractivity contribution < 1.29 is 9.32 Å². The minimum absolute atomic E-state index is 0.0198. The largest absolute Gasteiger partial charge is 0.399 e. The van der Waals surface area contributed by atoms with Gasteiger partial charge in [0.1, 0.15) is 0 Å². The quantitative estimate of drug-likeness (QED) is 0.703. The highest BCUT2D eigenvalue weighted by Gasteiger charge is 2.23. The van der Waals surface area contributed by atoms with Gasteiger partial charge in [-0.05, 0) is 25.1 Å². The van der Waals surface area contributed by atoms with Crippen LogP contribution in [0.5, 0.6) is 0 Å². The number of carbonyl (C=O) groups is 1. The minimum atomic E-state index is 0.0198. The molecule has 1 saturated heterocycles. The lowest BCUT2D eigenvalue weighted by Gasteiger charge is -2.34. The van der Waals surface area contributed by atoms with Crippen LogP contribution in [0, 0.1) is 6.92 Å². The smallest absolute Gasteiger partial charge is 0.254 e. The van der Waals surface area contributed by atoms with Crippen molar-refractivity contribution in [3.8, 4) is 11.4 Å². The second kappa shape index (κ2) is 7.82. The number of anilines is 1. The van der Waals surface area contributed by atoms with Crippen LogP contribution in [-0.4, -0.2) is 52.0 Å². The molecule has 0 radical (unpaired) electrons. The van der Waals surface area contributed by atoms with Crippen LogP contribution in [0.4, 0.5) is 5.69 Å². The van der Waals surface area contributed by atoms with Crippen LogP contribution in [0.3, 0.4) is 0 Å². The maximum atomic E-state index is 12.6. The number of aromatic nitrogens is 2. The van der Waals surface area contributed by atoms with Crippen molar-refractivity contribution in [1.82, 2.24) is 19.9 Å². The predicted octanol–water partition coefficient (Wildman–Crippen LogP) is 2.59.